The van der Waals surface area contributed by atoms with Crippen LogP contribution in [0.3, 0.4) is 0 Å². The third-order valence-corrected chi connectivity index (χ3v) is 2.92. The summed E-state index contributed by atoms with van der Waals surface area (Å²) in [5.74, 6) is -0.552. The highest BCUT2D eigenvalue weighted by molar-refractivity contribution is 7.80. The number of nitrogens with zero attached hydrogens (tertiary/aromatic N) is 1. The number of thiocarbonyl (C=S) groups is 1. The Labute approximate surface area is 128 Å². The van der Waals surface area contributed by atoms with Gasteiger partial charge >= 0.3 is 0 Å². The second-order valence-corrected chi connectivity index (χ2v) is 4.92. The monoisotopic (exact) mass is 310 g/mol. The number of carbonyl (C=O) groups excluding carboxylic acids is 2. The lowest BCUT2D eigenvalue weighted by Crippen LogP contribution is -2.39. The largest absolute Gasteiger partial charge is 0.496 e. The molecule has 0 unspecified atom stereocenters. The number of amides is 2. The summed E-state index contributed by atoms with van der Waals surface area (Å²) in [5.41, 5.74) is 17.3. The van der Waals surface area contributed by atoms with Crippen LogP contribution in [0.2, 0.25) is 0 Å². The van der Waals surface area contributed by atoms with Gasteiger partial charge in [-0.1, -0.05) is 18.3 Å². The van der Waals surface area contributed by atoms with Gasteiger partial charge in [-0.3, -0.25) is 14.5 Å². The Balaban J connectivity index is 2.95. The first kappa shape index (κ1) is 16.9. The average Bonchev–Trinajstić information content (AvgIpc) is 2.36. The molecule has 0 aliphatic heterocycles. The van der Waals surface area contributed by atoms with E-state index in [1.165, 1.54) is 7.11 Å². The summed E-state index contributed by atoms with van der Waals surface area (Å²) in [6.45, 7) is 0.185. The second kappa shape index (κ2) is 7.55. The fourth-order valence-electron chi connectivity index (χ4n) is 1.90. The van der Waals surface area contributed by atoms with E-state index in [1.807, 2.05) is 0 Å². The van der Waals surface area contributed by atoms with Crippen molar-refractivity contribution in [3.05, 3.63) is 29.3 Å². The van der Waals surface area contributed by atoms with Crippen LogP contribution in [0.25, 0.3) is 0 Å². The zero-order valence-electron chi connectivity index (χ0n) is 11.7. The molecule has 0 aliphatic rings. The minimum atomic E-state index is -0.539. The van der Waals surface area contributed by atoms with Crippen molar-refractivity contribution in [1.29, 1.82) is 0 Å². The molecule has 0 radical (unpaired) electrons. The molecule has 0 aromatic heterocycles. The van der Waals surface area contributed by atoms with Crippen molar-refractivity contribution in [1.82, 2.24) is 4.90 Å². The van der Waals surface area contributed by atoms with E-state index in [1.54, 1.807) is 23.1 Å². The van der Waals surface area contributed by atoms with E-state index in [-0.39, 0.29) is 18.1 Å². The molecule has 0 spiro atoms. The number of ether oxygens (including phenoxy) is 1. The normalized spacial score (nSPS) is 10.4. The van der Waals surface area contributed by atoms with E-state index in [9.17, 15) is 9.59 Å². The molecule has 0 atom stereocenters. The van der Waals surface area contributed by atoms with Crippen molar-refractivity contribution in [3.8, 4) is 5.75 Å². The van der Waals surface area contributed by atoms with Gasteiger partial charge in [0, 0.05) is 6.54 Å². The summed E-state index contributed by atoms with van der Waals surface area (Å²) in [6.07, 6.45) is 0. The molecule has 0 saturated carbocycles. The van der Waals surface area contributed by atoms with Gasteiger partial charge < -0.3 is 21.9 Å². The van der Waals surface area contributed by atoms with Gasteiger partial charge in [0.25, 0.3) is 0 Å². The molecule has 1 aromatic carbocycles. The maximum Gasteiger partial charge on any atom is 0.231 e. The van der Waals surface area contributed by atoms with Crippen LogP contribution in [0.1, 0.15) is 11.1 Å². The smallest absolute Gasteiger partial charge is 0.231 e. The fraction of sp³-hybridized carbons (Fsp3) is 0.308. The molecule has 6 N–H and O–H groups in total. The molecule has 2 amide bonds. The predicted molar refractivity (Wildman–Crippen MR) is 82.5 cm³/mol. The van der Waals surface area contributed by atoms with Crippen LogP contribution in [-0.2, 0) is 16.1 Å². The van der Waals surface area contributed by atoms with Crippen molar-refractivity contribution >= 4 is 29.0 Å². The van der Waals surface area contributed by atoms with E-state index in [0.717, 1.165) is 5.56 Å². The van der Waals surface area contributed by atoms with E-state index < -0.39 is 11.8 Å². The quantitative estimate of drug-likeness (QED) is 0.535. The van der Waals surface area contributed by atoms with Crippen molar-refractivity contribution in [2.75, 3.05) is 20.2 Å². The average molecular weight is 310 g/mol. The Hall–Kier alpha value is -2.19. The zero-order chi connectivity index (χ0) is 16.0. The molecule has 7 nitrogen and oxygen atoms in total. The van der Waals surface area contributed by atoms with Crippen molar-refractivity contribution < 1.29 is 14.3 Å². The minimum Gasteiger partial charge on any atom is -0.496 e. The first-order valence-electron chi connectivity index (χ1n) is 6.09. The number of carbonyl (C=O) groups is 2. The topological polar surface area (TPSA) is 125 Å². The maximum absolute atomic E-state index is 11.0. The third-order valence-electron chi connectivity index (χ3n) is 2.70. The Bertz CT molecular complexity index is 546. The molecule has 0 saturated heterocycles. The molecule has 0 heterocycles. The number of nitrogens with two attached hydrogens (primary N) is 3. The van der Waals surface area contributed by atoms with Crippen molar-refractivity contribution in [2.45, 2.75) is 6.54 Å². The highest BCUT2D eigenvalue weighted by atomic mass is 32.1. The number of primary amides is 2. The number of hydrogen-bond acceptors (Lipinski definition) is 5. The standard InChI is InChI=1S/C13H18N4O3S/c1-20-10-4-8(2-3-9(10)13(16)21)5-17(6-11(14)18)7-12(15)19/h2-4H,5-7H2,1H3,(H2,14,18)(H2,15,19)(H2,16,21). The van der Waals surface area contributed by atoms with Crippen molar-refractivity contribution in [3.63, 3.8) is 0 Å². The van der Waals surface area contributed by atoms with Gasteiger partial charge in [-0.25, -0.2) is 0 Å². The molecule has 8 heteroatoms. The first-order chi connectivity index (χ1) is 9.83. The predicted octanol–water partition coefficient (Wildman–Crippen LogP) is -0.898. The number of benzene rings is 1. The molecule has 21 heavy (non-hydrogen) atoms. The lowest BCUT2D eigenvalue weighted by molar-refractivity contribution is -0.122. The van der Waals surface area contributed by atoms with Gasteiger partial charge in [-0.05, 0) is 17.7 Å². The summed E-state index contributed by atoms with van der Waals surface area (Å²) >= 11 is 4.93. The first-order valence-corrected chi connectivity index (χ1v) is 6.50. The van der Waals surface area contributed by atoms with Gasteiger partial charge in [0.15, 0.2) is 0 Å². The summed E-state index contributed by atoms with van der Waals surface area (Å²) in [5, 5.41) is 0. The Morgan fingerprint density at radius 1 is 1.19 bits per heavy atom. The second-order valence-electron chi connectivity index (χ2n) is 4.48. The van der Waals surface area contributed by atoms with Crippen LogP contribution in [0.5, 0.6) is 5.75 Å². The van der Waals surface area contributed by atoms with Gasteiger partial charge in [0.1, 0.15) is 10.7 Å². The highest BCUT2D eigenvalue weighted by Crippen LogP contribution is 2.21. The Kier molecular flexibility index (Phi) is 6.07. The zero-order valence-corrected chi connectivity index (χ0v) is 12.5. The van der Waals surface area contributed by atoms with Gasteiger partial charge in [0.05, 0.1) is 25.8 Å². The summed E-state index contributed by atoms with van der Waals surface area (Å²) in [6, 6.07) is 5.25. The van der Waals surface area contributed by atoms with Crippen LogP contribution >= 0.6 is 12.2 Å². The minimum absolute atomic E-state index is 0.0672. The summed E-state index contributed by atoms with van der Waals surface area (Å²) in [4.78, 5) is 23.8. The molecule has 0 bridgehead atoms. The molecular formula is C13H18N4O3S. The van der Waals surface area contributed by atoms with Crippen LogP contribution in [-0.4, -0.2) is 41.9 Å². The Morgan fingerprint density at radius 3 is 2.19 bits per heavy atom. The van der Waals surface area contributed by atoms with Crippen LogP contribution in [0.15, 0.2) is 18.2 Å². The third kappa shape index (κ3) is 5.36. The van der Waals surface area contributed by atoms with Gasteiger partial charge in [-0.15, -0.1) is 0 Å². The molecule has 114 valence electrons. The van der Waals surface area contributed by atoms with E-state index in [2.05, 4.69) is 0 Å². The highest BCUT2D eigenvalue weighted by Gasteiger charge is 2.14. The van der Waals surface area contributed by atoms with Crippen LogP contribution in [0.4, 0.5) is 0 Å². The lowest BCUT2D eigenvalue weighted by atomic mass is 10.1. The number of rotatable bonds is 8. The van der Waals surface area contributed by atoms with Crippen LogP contribution < -0.4 is 21.9 Å². The molecule has 1 rings (SSSR count). The summed E-state index contributed by atoms with van der Waals surface area (Å²) < 4.78 is 5.22. The van der Waals surface area contributed by atoms with E-state index in [4.69, 9.17) is 34.2 Å². The van der Waals surface area contributed by atoms with Crippen molar-refractivity contribution in [2.24, 2.45) is 17.2 Å². The molecule has 0 fully saturated rings. The molecule has 1 aromatic rings. The summed E-state index contributed by atoms with van der Waals surface area (Å²) in [7, 11) is 1.51. The van der Waals surface area contributed by atoms with E-state index in [0.29, 0.717) is 17.9 Å². The Morgan fingerprint density at radius 2 is 1.76 bits per heavy atom. The SMILES string of the molecule is COc1cc(CN(CC(N)=O)CC(N)=O)ccc1C(N)=S. The van der Waals surface area contributed by atoms with E-state index >= 15 is 0 Å². The molecule has 0 aliphatic carbocycles. The maximum atomic E-state index is 11.0. The number of methoxy groups -OCH3 is 1. The van der Waals surface area contributed by atoms with Crippen LogP contribution in [0, 0.1) is 0 Å². The number of hydrogen-bond donors (Lipinski definition) is 3. The van der Waals surface area contributed by atoms with Gasteiger partial charge in [-0.2, -0.15) is 0 Å². The lowest BCUT2D eigenvalue weighted by Gasteiger charge is -2.19. The molecular weight excluding hydrogens is 292 g/mol. The fourth-order valence-corrected chi connectivity index (χ4v) is 2.07. The van der Waals surface area contributed by atoms with Gasteiger partial charge in [0.2, 0.25) is 11.8 Å².